The Labute approximate surface area is 119 Å². The molecule has 0 radical (unpaired) electrons. The highest BCUT2D eigenvalue weighted by Gasteiger charge is 2.22. The van der Waals surface area contributed by atoms with E-state index in [2.05, 4.69) is 5.32 Å². The van der Waals surface area contributed by atoms with Gasteiger partial charge in [-0.15, -0.1) is 0 Å². The molecule has 0 saturated heterocycles. The fraction of sp³-hybridized carbons (Fsp3) is 0.533. The number of ether oxygens (including phenoxy) is 2. The number of rotatable bonds is 5. The van der Waals surface area contributed by atoms with Gasteiger partial charge < -0.3 is 20.5 Å². The lowest BCUT2D eigenvalue weighted by atomic mass is 10.0. The maximum absolute atomic E-state index is 12.1. The van der Waals surface area contributed by atoms with Crippen molar-refractivity contribution < 1.29 is 14.3 Å². The van der Waals surface area contributed by atoms with Gasteiger partial charge in [-0.05, 0) is 18.9 Å². The smallest absolute Gasteiger partial charge is 0.223 e. The van der Waals surface area contributed by atoms with Gasteiger partial charge in [0.15, 0.2) is 0 Å². The average Bonchev–Trinajstić information content (AvgIpc) is 2.67. The van der Waals surface area contributed by atoms with E-state index in [0.717, 1.165) is 24.2 Å². The molecule has 2 atom stereocenters. The highest BCUT2D eigenvalue weighted by Crippen LogP contribution is 2.31. The third-order valence-corrected chi connectivity index (χ3v) is 3.53. The summed E-state index contributed by atoms with van der Waals surface area (Å²) in [6.45, 7) is 1.03. The summed E-state index contributed by atoms with van der Waals surface area (Å²) >= 11 is 0. The molecule has 5 nitrogen and oxygen atoms in total. The number of methoxy groups -OCH3 is 1. The summed E-state index contributed by atoms with van der Waals surface area (Å²) in [5, 5.41) is 3.06. The third-order valence-electron chi connectivity index (χ3n) is 3.53. The van der Waals surface area contributed by atoms with Crippen LogP contribution in [0.1, 0.15) is 30.9 Å². The van der Waals surface area contributed by atoms with Gasteiger partial charge in [-0.2, -0.15) is 0 Å². The van der Waals surface area contributed by atoms with Gasteiger partial charge in [-0.1, -0.05) is 18.2 Å². The van der Waals surface area contributed by atoms with Crippen LogP contribution in [0.25, 0.3) is 0 Å². The van der Waals surface area contributed by atoms with E-state index in [4.69, 9.17) is 15.2 Å². The molecule has 0 fully saturated rings. The normalized spacial score (nSPS) is 19.4. The molecule has 1 aromatic rings. The standard InChI is InChI=1S/C15H22N2O3/c1-19-11(10-16)9-15(18)17-13-6-4-8-20-14-7-3-2-5-12(13)14/h2-3,5,7,11,13H,4,6,8-10,16H2,1H3,(H,17,18). The predicted molar refractivity (Wildman–Crippen MR) is 76.5 cm³/mol. The SMILES string of the molecule is COC(CN)CC(=O)NC1CCCOc2ccccc21. The van der Waals surface area contributed by atoms with Crippen LogP contribution in [0.5, 0.6) is 5.75 Å². The number of benzene rings is 1. The lowest BCUT2D eigenvalue weighted by molar-refractivity contribution is -0.124. The van der Waals surface area contributed by atoms with Crippen LogP contribution in [0.3, 0.4) is 0 Å². The first kappa shape index (κ1) is 14.8. The molecule has 20 heavy (non-hydrogen) atoms. The van der Waals surface area contributed by atoms with Crippen molar-refractivity contribution in [3.05, 3.63) is 29.8 Å². The van der Waals surface area contributed by atoms with Gasteiger partial charge in [-0.3, -0.25) is 4.79 Å². The van der Waals surface area contributed by atoms with Crippen LogP contribution in [-0.4, -0.2) is 32.3 Å². The molecule has 2 unspecified atom stereocenters. The van der Waals surface area contributed by atoms with E-state index < -0.39 is 0 Å². The number of hydrogen-bond donors (Lipinski definition) is 2. The van der Waals surface area contributed by atoms with Crippen molar-refractivity contribution in [1.29, 1.82) is 0 Å². The Morgan fingerprint density at radius 1 is 1.55 bits per heavy atom. The molecular formula is C15H22N2O3. The minimum absolute atomic E-state index is 0.00326. The van der Waals surface area contributed by atoms with Crippen LogP contribution in [0.2, 0.25) is 0 Å². The number of nitrogens with two attached hydrogens (primary N) is 1. The van der Waals surface area contributed by atoms with Crippen molar-refractivity contribution >= 4 is 5.91 Å². The molecule has 0 aromatic heterocycles. The second kappa shape index (κ2) is 7.26. The van der Waals surface area contributed by atoms with Crippen LogP contribution >= 0.6 is 0 Å². The topological polar surface area (TPSA) is 73.6 Å². The number of hydrogen-bond acceptors (Lipinski definition) is 4. The molecule has 1 aliphatic heterocycles. The summed E-state index contributed by atoms with van der Waals surface area (Å²) in [7, 11) is 1.57. The molecule has 1 aliphatic rings. The molecule has 0 bridgehead atoms. The van der Waals surface area contributed by atoms with E-state index in [1.165, 1.54) is 0 Å². The van der Waals surface area contributed by atoms with Gasteiger partial charge in [0.1, 0.15) is 5.75 Å². The van der Waals surface area contributed by atoms with Crippen molar-refractivity contribution in [2.24, 2.45) is 5.73 Å². The Morgan fingerprint density at radius 3 is 3.10 bits per heavy atom. The predicted octanol–water partition coefficient (Wildman–Crippen LogP) is 1.38. The van der Waals surface area contributed by atoms with Gasteiger partial charge in [0, 0.05) is 19.2 Å². The zero-order chi connectivity index (χ0) is 14.4. The molecule has 2 rings (SSSR count). The first-order chi connectivity index (χ1) is 9.74. The van der Waals surface area contributed by atoms with Crippen molar-refractivity contribution in [3.8, 4) is 5.75 Å². The molecular weight excluding hydrogens is 256 g/mol. The Hall–Kier alpha value is -1.59. The quantitative estimate of drug-likeness (QED) is 0.853. The van der Waals surface area contributed by atoms with Gasteiger partial charge in [0.05, 0.1) is 25.2 Å². The Morgan fingerprint density at radius 2 is 2.35 bits per heavy atom. The fourth-order valence-electron chi connectivity index (χ4n) is 2.40. The lowest BCUT2D eigenvalue weighted by Crippen LogP contribution is -2.34. The number of para-hydroxylation sites is 1. The molecule has 1 heterocycles. The van der Waals surface area contributed by atoms with Gasteiger partial charge in [-0.25, -0.2) is 0 Å². The highest BCUT2D eigenvalue weighted by atomic mass is 16.5. The van der Waals surface area contributed by atoms with Gasteiger partial charge in [0.25, 0.3) is 0 Å². The van der Waals surface area contributed by atoms with E-state index in [9.17, 15) is 4.79 Å². The molecule has 3 N–H and O–H groups in total. The van der Waals surface area contributed by atoms with Crippen LogP contribution in [0.4, 0.5) is 0 Å². The summed E-state index contributed by atoms with van der Waals surface area (Å²) < 4.78 is 10.8. The summed E-state index contributed by atoms with van der Waals surface area (Å²) in [6.07, 6.45) is 1.85. The third kappa shape index (κ3) is 3.71. The largest absolute Gasteiger partial charge is 0.493 e. The number of amides is 1. The Bertz CT molecular complexity index is 446. The first-order valence-electron chi connectivity index (χ1n) is 6.98. The van der Waals surface area contributed by atoms with Gasteiger partial charge >= 0.3 is 0 Å². The summed E-state index contributed by atoms with van der Waals surface area (Å²) in [5.74, 6) is 0.821. The minimum atomic E-state index is -0.229. The van der Waals surface area contributed by atoms with E-state index >= 15 is 0 Å². The maximum atomic E-state index is 12.1. The summed E-state index contributed by atoms with van der Waals surface area (Å²) in [5.41, 5.74) is 6.58. The molecule has 0 aliphatic carbocycles. The van der Waals surface area contributed by atoms with Crippen LogP contribution in [0, 0.1) is 0 Å². The molecule has 5 heteroatoms. The number of fused-ring (bicyclic) bond motifs is 1. The summed E-state index contributed by atoms with van der Waals surface area (Å²) in [6, 6.07) is 7.85. The zero-order valence-corrected chi connectivity index (χ0v) is 11.8. The van der Waals surface area contributed by atoms with Crippen molar-refractivity contribution in [2.75, 3.05) is 20.3 Å². The monoisotopic (exact) mass is 278 g/mol. The molecule has 0 saturated carbocycles. The van der Waals surface area contributed by atoms with Crippen molar-refractivity contribution in [2.45, 2.75) is 31.4 Å². The highest BCUT2D eigenvalue weighted by molar-refractivity contribution is 5.77. The second-order valence-corrected chi connectivity index (χ2v) is 4.95. The molecule has 1 aromatic carbocycles. The van der Waals surface area contributed by atoms with Crippen LogP contribution in [-0.2, 0) is 9.53 Å². The van der Waals surface area contributed by atoms with Crippen molar-refractivity contribution in [1.82, 2.24) is 5.32 Å². The second-order valence-electron chi connectivity index (χ2n) is 4.95. The fourth-order valence-corrected chi connectivity index (χ4v) is 2.40. The number of carbonyl (C=O) groups excluding carboxylic acids is 1. The Balaban J connectivity index is 2.03. The number of carbonyl (C=O) groups is 1. The number of nitrogens with one attached hydrogen (secondary N) is 1. The van der Waals surface area contributed by atoms with E-state index in [-0.39, 0.29) is 24.5 Å². The van der Waals surface area contributed by atoms with Crippen LogP contribution < -0.4 is 15.8 Å². The lowest BCUT2D eigenvalue weighted by Gasteiger charge is -2.20. The van der Waals surface area contributed by atoms with Gasteiger partial charge in [0.2, 0.25) is 5.91 Å². The zero-order valence-electron chi connectivity index (χ0n) is 11.8. The van der Waals surface area contributed by atoms with E-state index in [0.29, 0.717) is 13.2 Å². The first-order valence-corrected chi connectivity index (χ1v) is 6.98. The van der Waals surface area contributed by atoms with Crippen LogP contribution in [0.15, 0.2) is 24.3 Å². The molecule has 1 amide bonds. The molecule has 0 spiro atoms. The van der Waals surface area contributed by atoms with E-state index in [1.54, 1.807) is 7.11 Å². The van der Waals surface area contributed by atoms with E-state index in [1.807, 2.05) is 24.3 Å². The van der Waals surface area contributed by atoms with Crippen molar-refractivity contribution in [3.63, 3.8) is 0 Å². The summed E-state index contributed by atoms with van der Waals surface area (Å²) in [4.78, 5) is 12.1. The molecule has 110 valence electrons. The Kier molecular flexibility index (Phi) is 5.38. The maximum Gasteiger partial charge on any atom is 0.223 e. The average molecular weight is 278 g/mol. The minimum Gasteiger partial charge on any atom is -0.493 e.